The molecule has 1 amide bonds. The molecule has 34 heavy (non-hydrogen) atoms. The zero-order valence-corrected chi connectivity index (χ0v) is 19.5. The van der Waals surface area contributed by atoms with Crippen molar-refractivity contribution in [2.24, 2.45) is 0 Å². The maximum Gasteiger partial charge on any atom is 0.389 e. The van der Waals surface area contributed by atoms with Crippen LogP contribution in [0.1, 0.15) is 66.6 Å². The number of carbonyl (C=O) groups is 2. The topological polar surface area (TPSA) is 73.2 Å². The van der Waals surface area contributed by atoms with E-state index in [9.17, 15) is 27.3 Å². The van der Waals surface area contributed by atoms with E-state index >= 15 is 0 Å². The minimum Gasteiger partial charge on any atom is -0.338 e. The SMILES string of the molecule is CCC(CC)n1c(Cc2cccs2)nc2cc(C(=O)NC(CCC(F)(F)F)C(=O)OF)ccc21. The number of imidazole rings is 1. The minimum atomic E-state index is -4.57. The number of halogens is 4. The molecule has 1 atom stereocenters. The average molecular weight is 500 g/mol. The number of thiophene rings is 1. The fourth-order valence-electron chi connectivity index (χ4n) is 3.90. The van der Waals surface area contributed by atoms with Gasteiger partial charge in [0.1, 0.15) is 11.9 Å². The largest absolute Gasteiger partial charge is 0.389 e. The smallest absolute Gasteiger partial charge is 0.338 e. The molecule has 0 bridgehead atoms. The maximum absolute atomic E-state index is 12.7. The summed E-state index contributed by atoms with van der Waals surface area (Å²) in [6, 6.07) is 7.16. The molecule has 6 nitrogen and oxygen atoms in total. The van der Waals surface area contributed by atoms with Crippen molar-refractivity contribution in [1.29, 1.82) is 0 Å². The van der Waals surface area contributed by atoms with Crippen LogP contribution >= 0.6 is 11.3 Å². The third kappa shape index (κ3) is 6.13. The minimum absolute atomic E-state index is 0.0908. The highest BCUT2D eigenvalue weighted by Gasteiger charge is 2.32. The molecule has 0 saturated heterocycles. The predicted molar refractivity (Wildman–Crippen MR) is 120 cm³/mol. The summed E-state index contributed by atoms with van der Waals surface area (Å²) >= 11 is 1.62. The first-order chi connectivity index (χ1) is 16.2. The van der Waals surface area contributed by atoms with Crippen LogP contribution in [0.3, 0.4) is 0 Å². The van der Waals surface area contributed by atoms with Gasteiger partial charge >= 0.3 is 12.1 Å². The molecule has 1 aromatic carbocycles. The number of nitrogens with one attached hydrogen (secondary N) is 1. The summed E-state index contributed by atoms with van der Waals surface area (Å²) < 4.78 is 52.2. The van der Waals surface area contributed by atoms with E-state index in [2.05, 4.69) is 28.7 Å². The van der Waals surface area contributed by atoms with Crippen molar-refractivity contribution >= 4 is 34.2 Å². The van der Waals surface area contributed by atoms with E-state index in [-0.39, 0.29) is 11.6 Å². The molecule has 0 fully saturated rings. The molecule has 3 aromatic rings. The van der Waals surface area contributed by atoms with E-state index in [1.807, 2.05) is 17.5 Å². The number of fused-ring (bicyclic) bond motifs is 1. The summed E-state index contributed by atoms with van der Waals surface area (Å²) in [5.41, 5.74) is 1.47. The van der Waals surface area contributed by atoms with Gasteiger partial charge in [-0.1, -0.05) is 19.9 Å². The van der Waals surface area contributed by atoms with Gasteiger partial charge in [0.15, 0.2) is 0 Å². The molecule has 3 rings (SSSR count). The number of carbonyl (C=O) groups excluding carboxylic acids is 2. The zero-order valence-electron chi connectivity index (χ0n) is 18.7. The van der Waals surface area contributed by atoms with Crippen LogP contribution in [0.4, 0.5) is 17.7 Å². The summed E-state index contributed by atoms with van der Waals surface area (Å²) in [7, 11) is 0. The summed E-state index contributed by atoms with van der Waals surface area (Å²) in [6.07, 6.45) is -4.40. The van der Waals surface area contributed by atoms with Gasteiger partial charge in [0.25, 0.3) is 5.91 Å². The van der Waals surface area contributed by atoms with Gasteiger partial charge in [-0.2, -0.15) is 13.2 Å². The molecule has 1 unspecified atom stereocenters. The number of hydrogen-bond donors (Lipinski definition) is 1. The lowest BCUT2D eigenvalue weighted by Gasteiger charge is -2.19. The molecule has 184 valence electrons. The number of hydrogen-bond acceptors (Lipinski definition) is 5. The summed E-state index contributed by atoms with van der Waals surface area (Å²) in [4.78, 5) is 33.2. The van der Waals surface area contributed by atoms with Gasteiger partial charge in [-0.3, -0.25) is 9.74 Å². The van der Waals surface area contributed by atoms with Crippen molar-refractivity contribution in [3.63, 3.8) is 0 Å². The summed E-state index contributed by atoms with van der Waals surface area (Å²) in [5.74, 6) is -1.57. The van der Waals surface area contributed by atoms with E-state index in [4.69, 9.17) is 4.98 Å². The Hall–Kier alpha value is -2.95. The third-order valence-corrected chi connectivity index (χ3v) is 6.50. The van der Waals surface area contributed by atoms with Gasteiger partial charge in [0.2, 0.25) is 0 Å². The van der Waals surface area contributed by atoms with Crippen molar-refractivity contribution < 1.29 is 32.2 Å². The first-order valence-electron chi connectivity index (χ1n) is 10.9. The van der Waals surface area contributed by atoms with Crippen LogP contribution in [0.15, 0.2) is 35.7 Å². The first kappa shape index (κ1) is 25.7. The molecule has 2 heterocycles. The highest BCUT2D eigenvalue weighted by atomic mass is 32.1. The molecule has 11 heteroatoms. The molecule has 1 N–H and O–H groups in total. The van der Waals surface area contributed by atoms with Gasteiger partial charge in [0, 0.05) is 33.9 Å². The predicted octanol–water partition coefficient (Wildman–Crippen LogP) is 5.92. The normalized spacial score (nSPS) is 12.8. The Bertz CT molecular complexity index is 1120. The second-order valence-electron chi connectivity index (χ2n) is 7.90. The Labute approximate surface area is 197 Å². The van der Waals surface area contributed by atoms with Crippen LogP contribution in [-0.4, -0.2) is 33.6 Å². The summed E-state index contributed by atoms with van der Waals surface area (Å²) in [6.45, 7) is 4.17. The van der Waals surface area contributed by atoms with Crippen molar-refractivity contribution in [2.45, 2.75) is 64.2 Å². The van der Waals surface area contributed by atoms with Crippen LogP contribution in [0.5, 0.6) is 0 Å². The lowest BCUT2D eigenvalue weighted by molar-refractivity contribution is -0.187. The molecule has 0 spiro atoms. The monoisotopic (exact) mass is 499 g/mol. The van der Waals surface area contributed by atoms with Gasteiger partial charge in [-0.25, -0.2) is 9.78 Å². The molecule has 0 aliphatic heterocycles. The molecule has 0 aliphatic carbocycles. The molecule has 2 aromatic heterocycles. The number of aromatic nitrogens is 2. The third-order valence-electron chi connectivity index (χ3n) is 5.63. The standard InChI is InChI=1S/C23H25F4N3O3S/c1-3-15(4-2)30-19-8-7-14(12-18(19)28-20(30)13-16-6-5-11-34-16)21(31)29-17(22(32)33-27)9-10-23(24,25)26/h5-8,11-12,15,17H,3-4,9-10,13H2,1-2H3,(H,29,31). The van der Waals surface area contributed by atoms with Gasteiger partial charge in [-0.05, 0) is 48.9 Å². The van der Waals surface area contributed by atoms with E-state index in [0.29, 0.717) is 11.9 Å². The molecule has 0 aliphatic rings. The van der Waals surface area contributed by atoms with Crippen LogP contribution in [-0.2, 0) is 16.2 Å². The van der Waals surface area contributed by atoms with Gasteiger partial charge < -0.3 is 9.88 Å². The zero-order chi connectivity index (χ0) is 24.9. The Balaban J connectivity index is 1.91. The van der Waals surface area contributed by atoms with E-state index in [1.165, 1.54) is 12.1 Å². The Morgan fingerprint density at radius 3 is 2.53 bits per heavy atom. The first-order valence-corrected chi connectivity index (χ1v) is 11.8. The lowest BCUT2D eigenvalue weighted by Crippen LogP contribution is -2.41. The number of benzene rings is 1. The second kappa shape index (κ2) is 11.0. The van der Waals surface area contributed by atoms with E-state index in [1.54, 1.807) is 17.4 Å². The van der Waals surface area contributed by atoms with Crippen molar-refractivity contribution in [3.8, 4) is 0 Å². The van der Waals surface area contributed by atoms with Crippen molar-refractivity contribution in [3.05, 3.63) is 52.0 Å². The second-order valence-corrected chi connectivity index (χ2v) is 8.94. The molecule has 0 saturated carbocycles. The number of rotatable bonds is 10. The molecular formula is C23H25F4N3O3S. The van der Waals surface area contributed by atoms with Crippen LogP contribution < -0.4 is 5.32 Å². The fourth-order valence-corrected chi connectivity index (χ4v) is 4.60. The highest BCUT2D eigenvalue weighted by Crippen LogP contribution is 2.29. The quantitative estimate of drug-likeness (QED) is 0.352. The number of amides is 1. The Morgan fingerprint density at radius 2 is 1.94 bits per heavy atom. The fraction of sp³-hybridized carbons (Fsp3) is 0.435. The Kier molecular flexibility index (Phi) is 8.29. The average Bonchev–Trinajstić information content (AvgIpc) is 3.44. The Morgan fingerprint density at radius 1 is 1.21 bits per heavy atom. The van der Waals surface area contributed by atoms with Gasteiger partial charge in [-0.15, -0.1) is 11.3 Å². The van der Waals surface area contributed by atoms with E-state index in [0.717, 1.165) is 29.1 Å². The lowest BCUT2D eigenvalue weighted by atomic mass is 10.1. The highest BCUT2D eigenvalue weighted by molar-refractivity contribution is 7.09. The van der Waals surface area contributed by atoms with Crippen molar-refractivity contribution in [1.82, 2.24) is 14.9 Å². The van der Waals surface area contributed by atoms with Crippen LogP contribution in [0, 0.1) is 0 Å². The number of nitrogens with zero attached hydrogens (tertiary/aromatic N) is 2. The van der Waals surface area contributed by atoms with Crippen LogP contribution in [0.25, 0.3) is 11.0 Å². The number of alkyl halides is 3. The van der Waals surface area contributed by atoms with E-state index < -0.39 is 36.9 Å². The summed E-state index contributed by atoms with van der Waals surface area (Å²) in [5, 5.41) is 4.12. The van der Waals surface area contributed by atoms with Crippen molar-refractivity contribution in [2.75, 3.05) is 0 Å². The molecular weight excluding hydrogens is 474 g/mol. The maximum atomic E-state index is 12.7. The molecule has 0 radical (unpaired) electrons. The van der Waals surface area contributed by atoms with Gasteiger partial charge in [0.05, 0.1) is 11.0 Å². The van der Waals surface area contributed by atoms with Crippen LogP contribution in [0.2, 0.25) is 0 Å².